The largest absolute Gasteiger partial charge is 0.368 e. The third kappa shape index (κ3) is 4.94. The molecule has 3 atom stereocenters. The number of rotatable bonds is 7. The van der Waals surface area contributed by atoms with Crippen LogP contribution in [0.15, 0.2) is 42.5 Å². The zero-order valence-corrected chi connectivity index (χ0v) is 19.4. The number of nitrogens with zero attached hydrogens (tertiary/aromatic N) is 1. The van der Waals surface area contributed by atoms with Crippen LogP contribution in [0.4, 0.5) is 17.6 Å². The Labute approximate surface area is 200 Å². The highest BCUT2D eigenvalue weighted by Gasteiger charge is 2.58. The fraction of sp³-hybridized carbons (Fsp3) is 0.458. The summed E-state index contributed by atoms with van der Waals surface area (Å²) >= 11 is 0. The molecule has 1 saturated carbocycles. The van der Waals surface area contributed by atoms with Crippen LogP contribution in [0, 0.1) is 11.6 Å². The summed E-state index contributed by atoms with van der Waals surface area (Å²) in [4.78, 5) is 14.0. The van der Waals surface area contributed by atoms with Gasteiger partial charge in [-0.3, -0.25) is 4.79 Å². The predicted octanol–water partition coefficient (Wildman–Crippen LogP) is 3.26. The first kappa shape index (κ1) is 24.2. The Balaban J connectivity index is 1.47. The first-order valence-electron chi connectivity index (χ1n) is 11.4. The first-order valence-corrected chi connectivity index (χ1v) is 12.9. The van der Waals surface area contributed by atoms with Crippen molar-refractivity contribution in [2.75, 3.05) is 13.2 Å². The maximum atomic E-state index is 15.2. The minimum atomic E-state index is -3.97. The molecule has 1 unspecified atom stereocenters. The summed E-state index contributed by atoms with van der Waals surface area (Å²) < 4.78 is 90.3. The Bertz CT molecular complexity index is 1230. The number of likely N-dealkylation sites (tertiary alicyclic amines) is 1. The van der Waals surface area contributed by atoms with Crippen molar-refractivity contribution in [3.63, 3.8) is 0 Å². The molecule has 3 aliphatic rings. The number of hydrogen-bond donors (Lipinski definition) is 1. The Morgan fingerprint density at radius 2 is 1.74 bits per heavy atom. The molecule has 188 valence electrons. The lowest BCUT2D eigenvalue weighted by Gasteiger charge is -2.34. The number of alkyl halides is 2. The van der Waals surface area contributed by atoms with E-state index in [-0.39, 0.29) is 12.0 Å². The zero-order chi connectivity index (χ0) is 25.0. The van der Waals surface area contributed by atoms with Crippen molar-refractivity contribution in [2.45, 2.75) is 55.0 Å². The molecule has 2 aromatic carbocycles. The molecule has 6 nitrogen and oxygen atoms in total. The number of nitrogens with one attached hydrogen (secondary N) is 1. The number of amides is 1. The van der Waals surface area contributed by atoms with E-state index in [2.05, 4.69) is 4.72 Å². The molecule has 1 aliphatic carbocycles. The van der Waals surface area contributed by atoms with Gasteiger partial charge in [0.05, 0.1) is 24.4 Å². The van der Waals surface area contributed by atoms with Gasteiger partial charge >= 0.3 is 0 Å². The maximum absolute atomic E-state index is 15.2. The van der Waals surface area contributed by atoms with Crippen LogP contribution in [0.2, 0.25) is 0 Å². The molecule has 3 fully saturated rings. The van der Waals surface area contributed by atoms with Gasteiger partial charge in [-0.15, -0.1) is 0 Å². The molecule has 0 bridgehead atoms. The minimum Gasteiger partial charge on any atom is -0.368 e. The van der Waals surface area contributed by atoms with Gasteiger partial charge in [-0.25, -0.2) is 30.7 Å². The van der Waals surface area contributed by atoms with Crippen LogP contribution in [-0.4, -0.2) is 61.7 Å². The zero-order valence-electron chi connectivity index (χ0n) is 18.6. The van der Waals surface area contributed by atoms with Gasteiger partial charge in [-0.2, -0.15) is 0 Å². The van der Waals surface area contributed by atoms with Gasteiger partial charge in [0, 0.05) is 12.5 Å². The molecule has 35 heavy (non-hydrogen) atoms. The molecule has 1 N–H and O–H groups in total. The molecule has 5 rings (SSSR count). The number of carbonyl (C=O) groups is 1. The summed E-state index contributed by atoms with van der Waals surface area (Å²) in [7, 11) is -3.97. The van der Waals surface area contributed by atoms with Gasteiger partial charge in [0.15, 0.2) is 0 Å². The standard InChI is InChI=1S/C24H24F4N2O4S/c25-17-10-16(11-18(26)12-17)15-3-1-2-14(8-15)9-20-22(29-35(32,33)19-4-5-19)24(27,28)13-30(20)23(31)21-6-7-34-21/h1-3,8,10-12,19-22,29H,4-7,9,13H2/t20-,21?,22+/m0/s1. The molecule has 0 spiro atoms. The second kappa shape index (κ2) is 8.86. The van der Waals surface area contributed by atoms with E-state index in [1.54, 1.807) is 24.3 Å². The van der Waals surface area contributed by atoms with Crippen LogP contribution < -0.4 is 4.72 Å². The van der Waals surface area contributed by atoms with Crippen molar-refractivity contribution in [3.8, 4) is 11.1 Å². The second-order valence-corrected chi connectivity index (χ2v) is 11.3. The van der Waals surface area contributed by atoms with Crippen LogP contribution in [0.1, 0.15) is 24.8 Å². The lowest BCUT2D eigenvalue weighted by molar-refractivity contribution is -0.158. The van der Waals surface area contributed by atoms with E-state index in [0.717, 1.165) is 23.1 Å². The highest BCUT2D eigenvalue weighted by atomic mass is 32.2. The summed E-state index contributed by atoms with van der Waals surface area (Å²) in [6.45, 7) is -0.571. The van der Waals surface area contributed by atoms with E-state index < -0.39 is 63.5 Å². The SMILES string of the molecule is O=C(C1CCO1)N1CC(F)(F)[C@H](NS(=O)(=O)C2CC2)[C@@H]1Cc1cccc(-c2cc(F)cc(F)c2)c1. The smallest absolute Gasteiger partial charge is 0.283 e. The fourth-order valence-corrected chi connectivity index (χ4v) is 6.28. The van der Waals surface area contributed by atoms with E-state index in [4.69, 9.17) is 4.74 Å². The summed E-state index contributed by atoms with van der Waals surface area (Å²) in [5, 5.41) is -0.704. The predicted molar refractivity (Wildman–Crippen MR) is 119 cm³/mol. The van der Waals surface area contributed by atoms with E-state index in [1.807, 2.05) is 0 Å². The second-order valence-electron chi connectivity index (χ2n) is 9.35. The highest BCUT2D eigenvalue weighted by Crippen LogP contribution is 2.38. The average molecular weight is 513 g/mol. The molecule has 2 saturated heterocycles. The molecule has 0 radical (unpaired) electrons. The molecule has 11 heteroatoms. The summed E-state index contributed by atoms with van der Waals surface area (Å²) in [6.07, 6.45) is 0.310. The van der Waals surface area contributed by atoms with Gasteiger partial charge in [0.1, 0.15) is 23.8 Å². The number of benzene rings is 2. The summed E-state index contributed by atoms with van der Waals surface area (Å²) in [5.74, 6) is -5.60. The Hall–Kier alpha value is -2.50. The lowest BCUT2D eigenvalue weighted by Crippen LogP contribution is -2.54. The van der Waals surface area contributed by atoms with Crippen molar-refractivity contribution < 1.29 is 35.5 Å². The summed E-state index contributed by atoms with van der Waals surface area (Å²) in [5.41, 5.74) is 1.24. The summed E-state index contributed by atoms with van der Waals surface area (Å²) in [6, 6.07) is 6.55. The molecular formula is C24H24F4N2O4S. The minimum absolute atomic E-state index is 0.0858. The van der Waals surface area contributed by atoms with Crippen molar-refractivity contribution in [2.24, 2.45) is 0 Å². The number of hydrogen-bond acceptors (Lipinski definition) is 4. The van der Waals surface area contributed by atoms with Crippen LogP contribution in [0.25, 0.3) is 11.1 Å². The van der Waals surface area contributed by atoms with E-state index in [0.29, 0.717) is 37.0 Å². The topological polar surface area (TPSA) is 75.7 Å². The third-order valence-electron chi connectivity index (χ3n) is 6.70. The number of carbonyl (C=O) groups excluding carboxylic acids is 1. The Kier molecular flexibility index (Phi) is 6.13. The average Bonchev–Trinajstić information content (AvgIpc) is 3.56. The third-order valence-corrected chi connectivity index (χ3v) is 8.63. The van der Waals surface area contributed by atoms with Gasteiger partial charge in [0.25, 0.3) is 11.8 Å². The number of ether oxygens (including phenoxy) is 1. The number of halogens is 4. The van der Waals surface area contributed by atoms with Crippen LogP contribution in [-0.2, 0) is 26.0 Å². The quantitative estimate of drug-likeness (QED) is 0.578. The molecule has 1 amide bonds. The van der Waals surface area contributed by atoms with E-state index in [9.17, 15) is 22.0 Å². The monoisotopic (exact) mass is 512 g/mol. The van der Waals surface area contributed by atoms with Gasteiger partial charge < -0.3 is 9.64 Å². The lowest BCUT2D eigenvalue weighted by atomic mass is 9.95. The number of sulfonamides is 1. The molecule has 2 aliphatic heterocycles. The highest BCUT2D eigenvalue weighted by molar-refractivity contribution is 7.90. The van der Waals surface area contributed by atoms with Crippen molar-refractivity contribution in [1.29, 1.82) is 0 Å². The van der Waals surface area contributed by atoms with Crippen molar-refractivity contribution in [1.82, 2.24) is 9.62 Å². The first-order chi connectivity index (χ1) is 16.5. The normalized spacial score (nSPS) is 25.9. The van der Waals surface area contributed by atoms with Crippen LogP contribution in [0.5, 0.6) is 0 Å². The fourth-order valence-electron chi connectivity index (χ4n) is 4.65. The maximum Gasteiger partial charge on any atom is 0.283 e. The van der Waals surface area contributed by atoms with Crippen LogP contribution >= 0.6 is 0 Å². The van der Waals surface area contributed by atoms with Crippen molar-refractivity contribution >= 4 is 15.9 Å². The Morgan fingerprint density at radius 1 is 1.06 bits per heavy atom. The van der Waals surface area contributed by atoms with Crippen molar-refractivity contribution in [3.05, 3.63) is 59.7 Å². The van der Waals surface area contributed by atoms with E-state index >= 15 is 8.78 Å². The van der Waals surface area contributed by atoms with Gasteiger partial charge in [-0.1, -0.05) is 24.3 Å². The molecule has 2 aromatic rings. The Morgan fingerprint density at radius 3 is 2.34 bits per heavy atom. The van der Waals surface area contributed by atoms with Crippen LogP contribution in [0.3, 0.4) is 0 Å². The molecule has 0 aromatic heterocycles. The van der Waals surface area contributed by atoms with Gasteiger partial charge in [0.2, 0.25) is 10.0 Å². The van der Waals surface area contributed by atoms with E-state index in [1.165, 1.54) is 0 Å². The van der Waals surface area contributed by atoms with Gasteiger partial charge in [-0.05, 0) is 48.1 Å². The molecular weight excluding hydrogens is 488 g/mol. The molecule has 2 heterocycles.